The van der Waals surface area contributed by atoms with Gasteiger partial charge in [-0.2, -0.15) is 0 Å². The number of benzene rings is 2. The molecule has 3 fully saturated rings. The summed E-state index contributed by atoms with van der Waals surface area (Å²) in [5.41, 5.74) is 1.91. The van der Waals surface area contributed by atoms with Crippen molar-refractivity contribution >= 4 is 18.1 Å². The van der Waals surface area contributed by atoms with E-state index in [-0.39, 0.29) is 37.1 Å². The van der Waals surface area contributed by atoms with Crippen molar-refractivity contribution in [1.29, 1.82) is 0 Å². The summed E-state index contributed by atoms with van der Waals surface area (Å²) < 4.78 is 21.6. The minimum Gasteiger partial charge on any atom is -0.453 e. The smallest absolute Gasteiger partial charge is 0.407 e. The third kappa shape index (κ3) is 8.68. The molecule has 2 aliphatic heterocycles. The highest BCUT2D eigenvalue weighted by molar-refractivity contribution is 5.86. The standard InChI is InChI=1S/C32H41N3O8/c1-40-31(38)35-28(22-12-13-22)29(37)34-25(17-21-10-6-3-7-11-21)26(36)18-23(16-20-8-4-2-5-9-20)33-32(39)43-27-19-42-30-24(27)14-15-41-30/h2-11,22-28,30,36H,12-19H2,1H3,(H,33,39)(H,34,37)(H,35,38)/t23-,24-,25-,26-,27-,28-,30+/m0/s1. The molecule has 2 aromatic carbocycles. The molecule has 11 nitrogen and oxygen atoms in total. The number of amides is 3. The Morgan fingerprint density at radius 2 is 1.56 bits per heavy atom. The Bertz CT molecular complexity index is 1210. The summed E-state index contributed by atoms with van der Waals surface area (Å²) in [5.74, 6) is -0.359. The topological polar surface area (TPSA) is 144 Å². The molecule has 1 aliphatic carbocycles. The molecule has 0 spiro atoms. The van der Waals surface area contributed by atoms with Gasteiger partial charge in [0.2, 0.25) is 5.91 Å². The van der Waals surface area contributed by atoms with E-state index in [0.717, 1.165) is 30.4 Å². The van der Waals surface area contributed by atoms with Gasteiger partial charge in [-0.25, -0.2) is 9.59 Å². The molecule has 3 aliphatic rings. The van der Waals surface area contributed by atoms with E-state index in [1.807, 2.05) is 60.7 Å². The fourth-order valence-corrected chi connectivity index (χ4v) is 5.87. The number of rotatable bonds is 13. The van der Waals surface area contributed by atoms with Gasteiger partial charge in [-0.1, -0.05) is 60.7 Å². The molecule has 2 aromatic rings. The van der Waals surface area contributed by atoms with Gasteiger partial charge in [0.15, 0.2) is 6.29 Å². The molecule has 2 saturated heterocycles. The Kier molecular flexibility index (Phi) is 10.5. The molecule has 2 heterocycles. The van der Waals surface area contributed by atoms with Crippen molar-refractivity contribution in [2.75, 3.05) is 20.3 Å². The van der Waals surface area contributed by atoms with E-state index in [4.69, 9.17) is 18.9 Å². The maximum atomic E-state index is 13.4. The van der Waals surface area contributed by atoms with E-state index in [9.17, 15) is 19.5 Å². The maximum absolute atomic E-state index is 13.4. The first-order chi connectivity index (χ1) is 20.9. The number of methoxy groups -OCH3 is 1. The van der Waals surface area contributed by atoms with E-state index in [1.165, 1.54) is 7.11 Å². The van der Waals surface area contributed by atoms with E-state index in [1.54, 1.807) is 0 Å². The molecule has 43 heavy (non-hydrogen) atoms. The quantitative estimate of drug-likeness (QED) is 0.277. The van der Waals surface area contributed by atoms with Crippen LogP contribution in [-0.4, -0.2) is 80.1 Å². The molecule has 11 heteroatoms. The summed E-state index contributed by atoms with van der Waals surface area (Å²) in [6.07, 6.45) is 0.320. The fourth-order valence-electron chi connectivity index (χ4n) is 5.87. The number of carbonyl (C=O) groups excluding carboxylic acids is 3. The number of hydrogen-bond acceptors (Lipinski definition) is 8. The Balaban J connectivity index is 1.29. The minimum absolute atomic E-state index is 0.00684. The van der Waals surface area contributed by atoms with E-state index in [2.05, 4.69) is 16.0 Å². The molecule has 232 valence electrons. The van der Waals surface area contributed by atoms with Gasteiger partial charge in [-0.05, 0) is 55.6 Å². The van der Waals surface area contributed by atoms with Crippen LogP contribution < -0.4 is 16.0 Å². The number of aliphatic hydroxyl groups is 1. The van der Waals surface area contributed by atoms with Crippen LogP contribution >= 0.6 is 0 Å². The van der Waals surface area contributed by atoms with E-state index < -0.39 is 42.5 Å². The minimum atomic E-state index is -1.03. The van der Waals surface area contributed by atoms with Gasteiger partial charge in [-0.15, -0.1) is 0 Å². The number of nitrogens with one attached hydrogen (secondary N) is 3. The van der Waals surface area contributed by atoms with Crippen LogP contribution in [0.3, 0.4) is 0 Å². The number of aliphatic hydroxyl groups excluding tert-OH is 1. The normalized spacial score (nSPS) is 23.7. The Labute approximate surface area is 251 Å². The lowest BCUT2D eigenvalue weighted by molar-refractivity contribution is -0.125. The van der Waals surface area contributed by atoms with Gasteiger partial charge in [0.05, 0.1) is 38.4 Å². The first kappa shape index (κ1) is 30.8. The predicted octanol–water partition coefficient (Wildman–Crippen LogP) is 2.70. The van der Waals surface area contributed by atoms with E-state index >= 15 is 0 Å². The lowest BCUT2D eigenvalue weighted by Gasteiger charge is -2.30. The average Bonchev–Trinajstić information content (AvgIpc) is 3.62. The zero-order valence-corrected chi connectivity index (χ0v) is 24.4. The van der Waals surface area contributed by atoms with Gasteiger partial charge in [0.25, 0.3) is 0 Å². The number of fused-ring (bicyclic) bond motifs is 1. The number of hydrogen-bond donors (Lipinski definition) is 4. The molecule has 0 radical (unpaired) electrons. The Morgan fingerprint density at radius 1 is 0.884 bits per heavy atom. The highest BCUT2D eigenvalue weighted by atomic mass is 16.7. The van der Waals surface area contributed by atoms with Crippen LogP contribution in [0.2, 0.25) is 0 Å². The summed E-state index contributed by atoms with van der Waals surface area (Å²) in [7, 11) is 1.25. The molecule has 0 bridgehead atoms. The van der Waals surface area contributed by atoms with E-state index in [0.29, 0.717) is 19.4 Å². The third-order valence-electron chi connectivity index (χ3n) is 8.34. The zero-order chi connectivity index (χ0) is 30.2. The van der Waals surface area contributed by atoms with Gasteiger partial charge in [0.1, 0.15) is 12.1 Å². The Morgan fingerprint density at radius 3 is 2.21 bits per heavy atom. The van der Waals surface area contributed by atoms with Crippen molar-refractivity contribution in [1.82, 2.24) is 16.0 Å². The molecule has 5 rings (SSSR count). The summed E-state index contributed by atoms with van der Waals surface area (Å²) in [6.45, 7) is 0.854. The second-order valence-corrected chi connectivity index (χ2v) is 11.6. The molecule has 3 amide bonds. The SMILES string of the molecule is COC(=O)N[C@H](C(=O)N[C@@H](Cc1ccccc1)[C@@H](O)C[C@H](Cc1ccccc1)NC(=O)O[C@H]1CO[C@H]2OCC[C@H]21)C1CC1. The van der Waals surface area contributed by atoms with Crippen molar-refractivity contribution in [3.8, 4) is 0 Å². The van der Waals surface area contributed by atoms with Crippen LogP contribution in [0.4, 0.5) is 9.59 Å². The zero-order valence-electron chi connectivity index (χ0n) is 24.4. The lowest BCUT2D eigenvalue weighted by atomic mass is 9.93. The predicted molar refractivity (Wildman–Crippen MR) is 156 cm³/mol. The lowest BCUT2D eigenvalue weighted by Crippen LogP contribution is -2.55. The second-order valence-electron chi connectivity index (χ2n) is 11.6. The maximum Gasteiger partial charge on any atom is 0.407 e. The van der Waals surface area contributed by atoms with Crippen LogP contribution in [-0.2, 0) is 36.6 Å². The summed E-state index contributed by atoms with van der Waals surface area (Å²) in [4.78, 5) is 38.4. The van der Waals surface area contributed by atoms with Crippen molar-refractivity contribution < 1.29 is 38.4 Å². The van der Waals surface area contributed by atoms with Gasteiger partial charge >= 0.3 is 12.2 Å². The van der Waals surface area contributed by atoms with Crippen LogP contribution in [0, 0.1) is 11.8 Å². The molecule has 4 N–H and O–H groups in total. The molecular weight excluding hydrogens is 554 g/mol. The molecular formula is C32H41N3O8. The van der Waals surface area contributed by atoms with Crippen LogP contribution in [0.5, 0.6) is 0 Å². The van der Waals surface area contributed by atoms with Crippen LogP contribution in [0.1, 0.15) is 36.8 Å². The number of alkyl carbamates (subject to hydrolysis) is 2. The highest BCUT2D eigenvalue weighted by Crippen LogP contribution is 2.34. The summed E-state index contributed by atoms with van der Waals surface area (Å²) >= 11 is 0. The second kappa shape index (κ2) is 14.7. The Hall–Kier alpha value is -3.67. The number of ether oxygens (including phenoxy) is 4. The molecule has 0 aromatic heterocycles. The van der Waals surface area contributed by atoms with Crippen LogP contribution in [0.25, 0.3) is 0 Å². The monoisotopic (exact) mass is 595 g/mol. The summed E-state index contributed by atoms with van der Waals surface area (Å²) in [6, 6.07) is 17.3. The molecule has 7 atom stereocenters. The molecule has 1 saturated carbocycles. The van der Waals surface area contributed by atoms with Crippen LogP contribution in [0.15, 0.2) is 60.7 Å². The highest BCUT2D eigenvalue weighted by Gasteiger charge is 2.44. The van der Waals surface area contributed by atoms with Crippen molar-refractivity contribution in [2.45, 2.75) is 75.1 Å². The average molecular weight is 596 g/mol. The number of carbonyl (C=O) groups is 3. The fraction of sp³-hybridized carbons (Fsp3) is 0.531. The van der Waals surface area contributed by atoms with Gasteiger partial charge in [-0.3, -0.25) is 4.79 Å². The first-order valence-corrected chi connectivity index (χ1v) is 15.0. The van der Waals surface area contributed by atoms with Crippen molar-refractivity contribution in [3.63, 3.8) is 0 Å². The van der Waals surface area contributed by atoms with Crippen molar-refractivity contribution in [3.05, 3.63) is 71.8 Å². The van der Waals surface area contributed by atoms with Gasteiger partial charge < -0.3 is 40.0 Å². The molecule has 0 unspecified atom stereocenters. The van der Waals surface area contributed by atoms with Crippen molar-refractivity contribution in [2.24, 2.45) is 11.8 Å². The largest absolute Gasteiger partial charge is 0.453 e. The first-order valence-electron chi connectivity index (χ1n) is 15.0. The third-order valence-corrected chi connectivity index (χ3v) is 8.34. The summed E-state index contributed by atoms with van der Waals surface area (Å²) in [5, 5.41) is 20.2. The van der Waals surface area contributed by atoms with Gasteiger partial charge in [0, 0.05) is 6.04 Å².